The molecule has 0 saturated heterocycles. The van der Waals surface area contributed by atoms with Crippen molar-refractivity contribution < 1.29 is 4.79 Å². The fraction of sp³-hybridized carbons (Fsp3) is 0.800. The summed E-state index contributed by atoms with van der Waals surface area (Å²) in [5.74, 6) is 8.08. The number of ketones is 1. The lowest BCUT2D eigenvalue weighted by Gasteiger charge is -2.32. The minimum absolute atomic E-state index is 0.261. The minimum atomic E-state index is 0.261. The van der Waals surface area contributed by atoms with E-state index in [-0.39, 0.29) is 5.92 Å². The Bertz CT molecular complexity index is 280. The molecule has 0 unspecified atom stereocenters. The van der Waals surface area contributed by atoms with Gasteiger partial charge in [0.05, 0.1) is 0 Å². The Morgan fingerprint density at radius 1 is 1.38 bits per heavy atom. The van der Waals surface area contributed by atoms with Gasteiger partial charge in [-0.05, 0) is 25.2 Å². The lowest BCUT2D eigenvalue weighted by Crippen LogP contribution is -2.32. The molecule has 16 heavy (non-hydrogen) atoms. The molecule has 0 aliphatic heterocycles. The minimum Gasteiger partial charge on any atom is -0.299 e. The number of hydrogen-bond donors (Lipinski definition) is 0. The standard InChI is InChI=1S/C15H24O/c1-4-5-6-7-8-13-9-10-14(13)15(16)11-12(2)3/h12-14H,4-6,9-11H2,1-3H3/t13-,14-/m0/s1. The first-order chi connectivity index (χ1) is 7.65. The summed E-state index contributed by atoms with van der Waals surface area (Å²) < 4.78 is 0. The predicted molar refractivity (Wildman–Crippen MR) is 68.0 cm³/mol. The van der Waals surface area contributed by atoms with E-state index in [2.05, 4.69) is 32.6 Å². The van der Waals surface area contributed by atoms with Crippen molar-refractivity contribution in [3.8, 4) is 11.8 Å². The molecule has 0 bridgehead atoms. The summed E-state index contributed by atoms with van der Waals surface area (Å²) in [5, 5.41) is 0. The number of unbranched alkanes of at least 4 members (excludes halogenated alkanes) is 2. The first kappa shape index (κ1) is 13.3. The van der Waals surface area contributed by atoms with E-state index in [9.17, 15) is 4.79 Å². The van der Waals surface area contributed by atoms with Gasteiger partial charge >= 0.3 is 0 Å². The van der Waals surface area contributed by atoms with Crippen LogP contribution in [-0.4, -0.2) is 5.78 Å². The second-order valence-electron chi connectivity index (χ2n) is 5.28. The van der Waals surface area contributed by atoms with E-state index < -0.39 is 0 Å². The van der Waals surface area contributed by atoms with Gasteiger partial charge in [-0.1, -0.05) is 33.1 Å². The van der Waals surface area contributed by atoms with Gasteiger partial charge in [-0.2, -0.15) is 0 Å². The summed E-state index contributed by atoms with van der Waals surface area (Å²) in [5.41, 5.74) is 0. The van der Waals surface area contributed by atoms with Crippen LogP contribution < -0.4 is 0 Å². The number of carbonyl (C=O) groups excluding carboxylic acids is 1. The molecular formula is C15H24O. The second kappa shape index (κ2) is 6.74. The molecule has 1 aliphatic carbocycles. The number of carbonyl (C=O) groups is 1. The average molecular weight is 220 g/mol. The first-order valence-electron chi connectivity index (χ1n) is 6.66. The molecule has 90 valence electrons. The van der Waals surface area contributed by atoms with E-state index in [4.69, 9.17) is 0 Å². The first-order valence-corrected chi connectivity index (χ1v) is 6.66. The van der Waals surface area contributed by atoms with Crippen LogP contribution in [-0.2, 0) is 4.79 Å². The SMILES string of the molecule is CCCCC#C[C@H]1CC[C@@H]1C(=O)CC(C)C. The molecule has 0 radical (unpaired) electrons. The van der Waals surface area contributed by atoms with E-state index in [1.807, 2.05) is 0 Å². The van der Waals surface area contributed by atoms with Gasteiger partial charge in [0.25, 0.3) is 0 Å². The molecule has 1 saturated carbocycles. The molecule has 1 aliphatic rings. The van der Waals surface area contributed by atoms with Gasteiger partial charge in [-0.15, -0.1) is 5.92 Å². The highest BCUT2D eigenvalue weighted by Gasteiger charge is 2.34. The van der Waals surface area contributed by atoms with Crippen LogP contribution in [0.5, 0.6) is 0 Å². The van der Waals surface area contributed by atoms with Gasteiger partial charge in [-0.25, -0.2) is 0 Å². The summed E-state index contributed by atoms with van der Waals surface area (Å²) in [6, 6.07) is 0. The Morgan fingerprint density at radius 2 is 2.12 bits per heavy atom. The third kappa shape index (κ3) is 4.00. The summed E-state index contributed by atoms with van der Waals surface area (Å²) in [6.45, 7) is 6.40. The third-order valence-electron chi connectivity index (χ3n) is 3.24. The van der Waals surface area contributed by atoms with Gasteiger partial charge < -0.3 is 0 Å². The van der Waals surface area contributed by atoms with Crippen LogP contribution in [0.2, 0.25) is 0 Å². The molecule has 0 N–H and O–H groups in total. The summed E-state index contributed by atoms with van der Waals surface area (Å²) in [4.78, 5) is 11.9. The zero-order valence-corrected chi connectivity index (χ0v) is 10.9. The van der Waals surface area contributed by atoms with Crippen LogP contribution in [0.3, 0.4) is 0 Å². The zero-order valence-electron chi connectivity index (χ0n) is 10.9. The molecule has 1 heteroatoms. The fourth-order valence-electron chi connectivity index (χ4n) is 2.08. The monoisotopic (exact) mass is 220 g/mol. The normalized spacial score (nSPS) is 23.5. The molecule has 2 atom stereocenters. The Balaban J connectivity index is 2.33. The van der Waals surface area contributed by atoms with Crippen LogP contribution in [0.4, 0.5) is 0 Å². The smallest absolute Gasteiger partial charge is 0.137 e. The maximum atomic E-state index is 11.9. The van der Waals surface area contributed by atoms with Crippen molar-refractivity contribution in [2.75, 3.05) is 0 Å². The van der Waals surface area contributed by atoms with Gasteiger partial charge in [0.15, 0.2) is 0 Å². The molecule has 1 fully saturated rings. The highest BCUT2D eigenvalue weighted by molar-refractivity contribution is 5.82. The van der Waals surface area contributed by atoms with Crippen LogP contribution in [0.15, 0.2) is 0 Å². The van der Waals surface area contributed by atoms with Crippen molar-refractivity contribution in [1.29, 1.82) is 0 Å². The van der Waals surface area contributed by atoms with Crippen molar-refractivity contribution in [3.05, 3.63) is 0 Å². The maximum absolute atomic E-state index is 11.9. The summed E-state index contributed by atoms with van der Waals surface area (Å²) >= 11 is 0. The Morgan fingerprint density at radius 3 is 2.62 bits per heavy atom. The molecule has 0 aromatic carbocycles. The van der Waals surface area contributed by atoms with E-state index in [1.165, 1.54) is 12.8 Å². The highest BCUT2D eigenvalue weighted by Crippen LogP contribution is 2.35. The van der Waals surface area contributed by atoms with Gasteiger partial charge in [0.1, 0.15) is 5.78 Å². The summed E-state index contributed by atoms with van der Waals surface area (Å²) in [7, 11) is 0. The molecule has 1 nitrogen and oxygen atoms in total. The van der Waals surface area contributed by atoms with Crippen molar-refractivity contribution in [2.45, 2.75) is 59.3 Å². The van der Waals surface area contributed by atoms with Crippen LogP contribution in [0.25, 0.3) is 0 Å². The van der Waals surface area contributed by atoms with Crippen LogP contribution in [0.1, 0.15) is 59.3 Å². The fourth-order valence-corrected chi connectivity index (χ4v) is 2.08. The van der Waals surface area contributed by atoms with Crippen molar-refractivity contribution >= 4 is 5.78 Å². The van der Waals surface area contributed by atoms with Crippen LogP contribution in [0, 0.1) is 29.6 Å². The van der Waals surface area contributed by atoms with Gasteiger partial charge in [0, 0.05) is 24.7 Å². The molecule has 0 aromatic rings. The number of hydrogen-bond acceptors (Lipinski definition) is 1. The summed E-state index contributed by atoms with van der Waals surface area (Å²) in [6.07, 6.45) is 6.32. The molecule has 0 aromatic heterocycles. The Hall–Kier alpha value is -0.770. The van der Waals surface area contributed by atoms with Crippen molar-refractivity contribution in [3.63, 3.8) is 0 Å². The molecular weight excluding hydrogens is 196 g/mol. The second-order valence-corrected chi connectivity index (χ2v) is 5.28. The largest absolute Gasteiger partial charge is 0.299 e. The Labute approximate surface area is 100 Å². The van der Waals surface area contributed by atoms with Gasteiger partial charge in [-0.3, -0.25) is 4.79 Å². The Kier molecular flexibility index (Phi) is 5.60. The van der Waals surface area contributed by atoms with E-state index in [0.29, 0.717) is 17.6 Å². The van der Waals surface area contributed by atoms with Crippen molar-refractivity contribution in [2.24, 2.45) is 17.8 Å². The number of Topliss-reactive ketones (excluding diaryl/α,β-unsaturated/α-hetero) is 1. The molecule has 1 rings (SSSR count). The third-order valence-corrected chi connectivity index (χ3v) is 3.24. The molecule has 0 amide bonds. The lowest BCUT2D eigenvalue weighted by molar-refractivity contribution is -0.127. The molecule has 0 heterocycles. The maximum Gasteiger partial charge on any atom is 0.137 e. The van der Waals surface area contributed by atoms with E-state index in [0.717, 1.165) is 25.7 Å². The van der Waals surface area contributed by atoms with E-state index in [1.54, 1.807) is 0 Å². The van der Waals surface area contributed by atoms with E-state index >= 15 is 0 Å². The predicted octanol–water partition coefficient (Wildman–Crippen LogP) is 3.82. The number of rotatable bonds is 5. The quantitative estimate of drug-likeness (QED) is 0.508. The lowest BCUT2D eigenvalue weighted by atomic mass is 9.70. The molecule has 0 spiro atoms. The highest BCUT2D eigenvalue weighted by atomic mass is 16.1. The zero-order chi connectivity index (χ0) is 12.0. The van der Waals surface area contributed by atoms with Crippen LogP contribution >= 0.6 is 0 Å². The topological polar surface area (TPSA) is 17.1 Å². The van der Waals surface area contributed by atoms with Crippen molar-refractivity contribution in [1.82, 2.24) is 0 Å². The average Bonchev–Trinajstić information content (AvgIpc) is 2.14. The van der Waals surface area contributed by atoms with Gasteiger partial charge in [0.2, 0.25) is 0 Å².